The average Bonchev–Trinajstić information content (AvgIpc) is 2.97. The number of aromatic nitrogens is 2. The number of H-pyrrole nitrogens is 1. The maximum atomic E-state index is 12.6. The molecule has 0 radical (unpaired) electrons. The standard InChI is InChI=1S/C13H20N4O2/c1-7-6-15-17-10(7)16-11(18)13(14)8-4-5-19-9(8)12(13,2)3/h6,8-9H,4-5,14H2,1-3H3,(H2,15,16,17,18). The van der Waals surface area contributed by atoms with Crippen LogP contribution < -0.4 is 11.1 Å². The van der Waals surface area contributed by atoms with Gasteiger partial charge in [-0.2, -0.15) is 5.10 Å². The lowest BCUT2D eigenvalue weighted by molar-refractivity contribution is -0.170. The highest BCUT2D eigenvalue weighted by Gasteiger charge is 2.71. The summed E-state index contributed by atoms with van der Waals surface area (Å²) in [6, 6.07) is 0. The number of carbonyl (C=O) groups is 1. The van der Waals surface area contributed by atoms with Crippen LogP contribution in [0.25, 0.3) is 0 Å². The third kappa shape index (κ3) is 1.44. The molecule has 0 spiro atoms. The summed E-state index contributed by atoms with van der Waals surface area (Å²) in [6.45, 7) is 6.57. The number of aromatic amines is 1. The molecule has 104 valence electrons. The van der Waals surface area contributed by atoms with Crippen LogP contribution in [0.1, 0.15) is 25.8 Å². The average molecular weight is 264 g/mol. The van der Waals surface area contributed by atoms with Crippen molar-refractivity contribution in [2.45, 2.75) is 38.8 Å². The van der Waals surface area contributed by atoms with E-state index in [9.17, 15) is 4.79 Å². The fourth-order valence-electron chi connectivity index (χ4n) is 3.54. The highest BCUT2D eigenvalue weighted by Crippen LogP contribution is 2.58. The Morgan fingerprint density at radius 2 is 2.37 bits per heavy atom. The minimum absolute atomic E-state index is 0.0890. The number of nitrogens with zero attached hydrogens (tertiary/aromatic N) is 1. The first kappa shape index (κ1) is 12.6. The Kier molecular flexibility index (Phi) is 2.53. The molecule has 0 bridgehead atoms. The molecule has 1 saturated carbocycles. The van der Waals surface area contributed by atoms with E-state index in [1.54, 1.807) is 6.20 Å². The summed E-state index contributed by atoms with van der Waals surface area (Å²) in [5, 5.41) is 9.54. The molecule has 1 aliphatic heterocycles. The van der Waals surface area contributed by atoms with Crippen molar-refractivity contribution < 1.29 is 9.53 Å². The van der Waals surface area contributed by atoms with Crippen molar-refractivity contribution in [2.75, 3.05) is 11.9 Å². The Bertz CT molecular complexity index is 524. The highest BCUT2D eigenvalue weighted by atomic mass is 16.5. The Morgan fingerprint density at radius 1 is 1.63 bits per heavy atom. The molecule has 19 heavy (non-hydrogen) atoms. The smallest absolute Gasteiger partial charge is 0.246 e. The van der Waals surface area contributed by atoms with Crippen LogP contribution in [0.4, 0.5) is 5.82 Å². The van der Waals surface area contributed by atoms with E-state index in [-0.39, 0.29) is 23.3 Å². The molecule has 6 heteroatoms. The predicted octanol–water partition coefficient (Wildman–Crippen LogP) is 0.799. The number of anilines is 1. The number of carbonyl (C=O) groups excluding carboxylic acids is 1. The molecule has 1 saturated heterocycles. The summed E-state index contributed by atoms with van der Waals surface area (Å²) in [7, 11) is 0. The Labute approximate surface area is 112 Å². The van der Waals surface area contributed by atoms with E-state index in [1.807, 2.05) is 20.8 Å². The topological polar surface area (TPSA) is 93.0 Å². The van der Waals surface area contributed by atoms with E-state index < -0.39 is 5.54 Å². The lowest BCUT2D eigenvalue weighted by Crippen LogP contribution is -2.79. The molecule has 0 aromatic carbocycles. The van der Waals surface area contributed by atoms with Crippen molar-refractivity contribution in [1.82, 2.24) is 10.2 Å². The van der Waals surface area contributed by atoms with Gasteiger partial charge in [-0.25, -0.2) is 0 Å². The second-order valence-electron chi connectivity index (χ2n) is 6.16. The van der Waals surface area contributed by atoms with Gasteiger partial charge in [0.2, 0.25) is 5.91 Å². The zero-order valence-electron chi connectivity index (χ0n) is 11.5. The fourth-order valence-corrected chi connectivity index (χ4v) is 3.54. The van der Waals surface area contributed by atoms with Crippen molar-refractivity contribution in [1.29, 1.82) is 0 Å². The molecule has 6 nitrogen and oxygen atoms in total. The van der Waals surface area contributed by atoms with E-state index in [0.29, 0.717) is 12.4 Å². The van der Waals surface area contributed by atoms with Crippen molar-refractivity contribution in [3.05, 3.63) is 11.8 Å². The SMILES string of the molecule is Cc1cn[nH]c1NC(=O)C1(N)C2CCOC2C1(C)C. The molecule has 3 unspecified atom stereocenters. The summed E-state index contributed by atoms with van der Waals surface area (Å²) in [5.41, 5.74) is 6.11. The van der Waals surface area contributed by atoms with Crippen LogP contribution in [0.5, 0.6) is 0 Å². The van der Waals surface area contributed by atoms with Crippen molar-refractivity contribution in [3.63, 3.8) is 0 Å². The lowest BCUT2D eigenvalue weighted by atomic mass is 9.48. The van der Waals surface area contributed by atoms with Crippen LogP contribution in [0.2, 0.25) is 0 Å². The number of nitrogens with two attached hydrogens (primary N) is 1. The van der Waals surface area contributed by atoms with Crippen molar-refractivity contribution >= 4 is 11.7 Å². The zero-order chi connectivity index (χ0) is 13.8. The summed E-state index contributed by atoms with van der Waals surface area (Å²) < 4.78 is 5.69. The summed E-state index contributed by atoms with van der Waals surface area (Å²) in [5.74, 6) is 0.565. The van der Waals surface area contributed by atoms with Gasteiger partial charge in [0.15, 0.2) is 0 Å². The molecule has 3 rings (SSSR count). The largest absolute Gasteiger partial charge is 0.377 e. The molecule has 1 aliphatic carbocycles. The van der Waals surface area contributed by atoms with Crippen LogP contribution in [0.15, 0.2) is 6.20 Å². The zero-order valence-corrected chi connectivity index (χ0v) is 11.5. The normalized spacial score (nSPS) is 35.6. The van der Waals surface area contributed by atoms with E-state index in [2.05, 4.69) is 15.5 Å². The highest BCUT2D eigenvalue weighted by molar-refractivity contribution is 6.00. The first-order chi connectivity index (χ1) is 8.89. The molecule has 3 atom stereocenters. The number of nitrogens with one attached hydrogen (secondary N) is 2. The maximum Gasteiger partial charge on any atom is 0.246 e. The fraction of sp³-hybridized carbons (Fsp3) is 0.692. The quantitative estimate of drug-likeness (QED) is 0.736. The molecule has 2 fully saturated rings. The maximum absolute atomic E-state index is 12.6. The van der Waals surface area contributed by atoms with E-state index >= 15 is 0 Å². The number of fused-ring (bicyclic) bond motifs is 1. The van der Waals surface area contributed by atoms with Gasteiger partial charge in [0.1, 0.15) is 11.4 Å². The van der Waals surface area contributed by atoms with Gasteiger partial charge in [0.05, 0.1) is 12.3 Å². The van der Waals surface area contributed by atoms with Crippen LogP contribution in [0, 0.1) is 18.3 Å². The number of hydrogen-bond donors (Lipinski definition) is 3. The van der Waals surface area contributed by atoms with Gasteiger partial charge in [-0.15, -0.1) is 0 Å². The number of amides is 1. The van der Waals surface area contributed by atoms with Crippen LogP contribution in [-0.2, 0) is 9.53 Å². The predicted molar refractivity (Wildman–Crippen MR) is 70.5 cm³/mol. The third-order valence-corrected chi connectivity index (χ3v) is 4.90. The van der Waals surface area contributed by atoms with Crippen molar-refractivity contribution in [2.24, 2.45) is 17.1 Å². The minimum Gasteiger partial charge on any atom is -0.377 e. The number of hydrogen-bond acceptors (Lipinski definition) is 4. The number of rotatable bonds is 2. The lowest BCUT2D eigenvalue weighted by Gasteiger charge is -2.60. The van der Waals surface area contributed by atoms with Gasteiger partial charge in [0.25, 0.3) is 0 Å². The van der Waals surface area contributed by atoms with E-state index in [1.165, 1.54) is 0 Å². The first-order valence-corrected chi connectivity index (χ1v) is 6.61. The molecule has 4 N–H and O–H groups in total. The molecular weight excluding hydrogens is 244 g/mol. The third-order valence-electron chi connectivity index (χ3n) is 4.90. The second-order valence-corrected chi connectivity index (χ2v) is 6.16. The van der Waals surface area contributed by atoms with Gasteiger partial charge in [0, 0.05) is 23.5 Å². The van der Waals surface area contributed by atoms with Crippen LogP contribution >= 0.6 is 0 Å². The molecule has 1 aromatic rings. The Hall–Kier alpha value is -1.40. The van der Waals surface area contributed by atoms with Gasteiger partial charge in [-0.1, -0.05) is 13.8 Å². The summed E-state index contributed by atoms with van der Waals surface area (Å²) in [4.78, 5) is 12.6. The molecule has 2 aliphatic rings. The van der Waals surface area contributed by atoms with E-state index in [4.69, 9.17) is 10.5 Å². The minimum atomic E-state index is -0.883. The molecular formula is C13H20N4O2. The van der Waals surface area contributed by atoms with Gasteiger partial charge >= 0.3 is 0 Å². The Morgan fingerprint density at radius 3 is 3.00 bits per heavy atom. The summed E-state index contributed by atoms with van der Waals surface area (Å²) >= 11 is 0. The molecule has 2 heterocycles. The number of ether oxygens (including phenoxy) is 1. The monoisotopic (exact) mass is 264 g/mol. The summed E-state index contributed by atoms with van der Waals surface area (Å²) in [6.07, 6.45) is 2.61. The Balaban J connectivity index is 1.85. The molecule has 1 amide bonds. The van der Waals surface area contributed by atoms with Gasteiger partial charge < -0.3 is 15.8 Å². The number of aryl methyl sites for hydroxylation is 1. The van der Waals surface area contributed by atoms with Gasteiger partial charge in [-0.3, -0.25) is 9.89 Å². The van der Waals surface area contributed by atoms with Crippen LogP contribution in [0.3, 0.4) is 0 Å². The second kappa shape index (κ2) is 3.80. The van der Waals surface area contributed by atoms with Gasteiger partial charge in [-0.05, 0) is 13.3 Å². The van der Waals surface area contributed by atoms with Crippen LogP contribution in [-0.4, -0.2) is 34.4 Å². The molecule has 1 aromatic heterocycles. The van der Waals surface area contributed by atoms with E-state index in [0.717, 1.165) is 12.0 Å². The van der Waals surface area contributed by atoms with Crippen molar-refractivity contribution in [3.8, 4) is 0 Å². The first-order valence-electron chi connectivity index (χ1n) is 6.61.